The molecule has 30 heavy (non-hydrogen) atoms. The molecule has 1 fully saturated rings. The van der Waals surface area contributed by atoms with E-state index in [9.17, 15) is 9.59 Å². The van der Waals surface area contributed by atoms with E-state index in [4.69, 9.17) is 9.73 Å². The molecule has 4 heteroatoms. The highest BCUT2D eigenvalue weighted by molar-refractivity contribution is 6.11. The zero-order valence-corrected chi connectivity index (χ0v) is 17.6. The third-order valence-electron chi connectivity index (χ3n) is 6.00. The van der Waals surface area contributed by atoms with Crippen LogP contribution in [0, 0.1) is 12.8 Å². The number of hydrogen-bond donors (Lipinski definition) is 0. The van der Waals surface area contributed by atoms with Gasteiger partial charge in [0.1, 0.15) is 5.78 Å². The van der Waals surface area contributed by atoms with Gasteiger partial charge in [-0.25, -0.2) is 4.79 Å². The summed E-state index contributed by atoms with van der Waals surface area (Å²) in [6.45, 7) is 4.19. The minimum Gasteiger partial charge on any atom is -0.462 e. The van der Waals surface area contributed by atoms with Gasteiger partial charge in [0.25, 0.3) is 0 Å². The normalized spacial score (nSPS) is 21.1. The summed E-state index contributed by atoms with van der Waals surface area (Å²) in [6.07, 6.45) is 2.84. The van der Waals surface area contributed by atoms with Crippen molar-refractivity contribution in [3.63, 3.8) is 0 Å². The quantitative estimate of drug-likeness (QED) is 0.665. The first-order chi connectivity index (χ1) is 14.5. The smallest absolute Gasteiger partial charge is 0.336 e. The molecule has 2 atom stereocenters. The number of aliphatic imine (C=N–C) groups is 1. The van der Waals surface area contributed by atoms with Crippen molar-refractivity contribution in [1.29, 1.82) is 0 Å². The molecule has 1 saturated carbocycles. The van der Waals surface area contributed by atoms with Crippen LogP contribution in [0.2, 0.25) is 0 Å². The fraction of sp³-hybridized carbons (Fsp3) is 0.346. The van der Waals surface area contributed by atoms with Crippen LogP contribution in [0.4, 0.5) is 0 Å². The van der Waals surface area contributed by atoms with Crippen molar-refractivity contribution in [3.8, 4) is 0 Å². The Hall–Kier alpha value is -3.01. The largest absolute Gasteiger partial charge is 0.462 e. The number of ether oxygens (including phenoxy) is 1. The molecule has 4 nitrogen and oxygen atoms in total. The molecule has 1 aliphatic heterocycles. The van der Waals surface area contributed by atoms with Crippen LogP contribution in [0.3, 0.4) is 0 Å². The summed E-state index contributed by atoms with van der Waals surface area (Å²) in [7, 11) is 0. The van der Waals surface area contributed by atoms with E-state index in [1.54, 1.807) is 0 Å². The zero-order chi connectivity index (χ0) is 21.1. The SMILES string of the molecule is CC1=C(C(=O)OCCc2ccccc2)[C@@H](c2cccc(C)c2)C2C(=O)CCCC2=N1. The third-order valence-corrected chi connectivity index (χ3v) is 6.00. The number of nitrogens with zero attached hydrogens (tertiary/aromatic N) is 1. The average Bonchev–Trinajstić information content (AvgIpc) is 2.73. The Morgan fingerprint density at radius 1 is 1.03 bits per heavy atom. The van der Waals surface area contributed by atoms with E-state index in [0.717, 1.165) is 35.2 Å². The van der Waals surface area contributed by atoms with Crippen LogP contribution in [0.5, 0.6) is 0 Å². The molecule has 0 saturated heterocycles. The highest BCUT2D eigenvalue weighted by atomic mass is 16.5. The lowest BCUT2D eigenvalue weighted by atomic mass is 9.69. The first kappa shape index (κ1) is 20.3. The maximum atomic E-state index is 13.2. The fourth-order valence-corrected chi connectivity index (χ4v) is 4.59. The molecule has 1 unspecified atom stereocenters. The van der Waals surface area contributed by atoms with Crippen molar-refractivity contribution in [1.82, 2.24) is 0 Å². The van der Waals surface area contributed by atoms with Crippen molar-refractivity contribution >= 4 is 17.5 Å². The second-order valence-corrected chi connectivity index (χ2v) is 8.16. The van der Waals surface area contributed by atoms with Crippen LogP contribution < -0.4 is 0 Å². The van der Waals surface area contributed by atoms with Gasteiger partial charge in [0.2, 0.25) is 0 Å². The number of Topliss-reactive ketones (excluding diaryl/α,β-unsaturated/α-hetero) is 1. The Bertz CT molecular complexity index is 1020. The third kappa shape index (κ3) is 4.13. The summed E-state index contributed by atoms with van der Waals surface area (Å²) in [5, 5.41) is 0. The second kappa shape index (κ2) is 8.78. The van der Waals surface area contributed by atoms with Gasteiger partial charge in [0, 0.05) is 30.2 Å². The number of hydrogen-bond acceptors (Lipinski definition) is 4. The Morgan fingerprint density at radius 3 is 2.60 bits per heavy atom. The molecule has 0 aromatic heterocycles. The van der Waals surface area contributed by atoms with Crippen molar-refractivity contribution in [2.75, 3.05) is 6.61 Å². The maximum absolute atomic E-state index is 13.2. The molecule has 154 valence electrons. The van der Waals surface area contributed by atoms with Crippen molar-refractivity contribution in [2.45, 2.75) is 45.4 Å². The Balaban J connectivity index is 1.64. The lowest BCUT2D eigenvalue weighted by Crippen LogP contribution is -2.39. The van der Waals surface area contributed by atoms with Gasteiger partial charge in [0.15, 0.2) is 0 Å². The Morgan fingerprint density at radius 2 is 1.83 bits per heavy atom. The number of carbonyl (C=O) groups excluding carboxylic acids is 2. The first-order valence-electron chi connectivity index (χ1n) is 10.6. The van der Waals surface area contributed by atoms with E-state index >= 15 is 0 Å². The summed E-state index contributed by atoms with van der Waals surface area (Å²) in [6, 6.07) is 18.0. The summed E-state index contributed by atoms with van der Waals surface area (Å²) >= 11 is 0. The van der Waals surface area contributed by atoms with E-state index in [0.29, 0.717) is 30.7 Å². The van der Waals surface area contributed by atoms with E-state index in [2.05, 4.69) is 6.07 Å². The molecule has 0 amide bonds. The van der Waals surface area contributed by atoms with Crippen LogP contribution in [0.1, 0.15) is 48.8 Å². The van der Waals surface area contributed by atoms with Crippen molar-refractivity contribution in [3.05, 3.63) is 82.6 Å². The zero-order valence-electron chi connectivity index (χ0n) is 17.6. The molecule has 0 bridgehead atoms. The molecule has 4 rings (SSSR count). The molecule has 2 aromatic rings. The number of ketones is 1. The number of fused-ring (bicyclic) bond motifs is 1. The van der Waals surface area contributed by atoms with Crippen molar-refractivity contribution in [2.24, 2.45) is 10.9 Å². The summed E-state index contributed by atoms with van der Waals surface area (Å²) in [4.78, 5) is 30.8. The number of carbonyl (C=O) groups is 2. The minimum absolute atomic E-state index is 0.175. The number of aryl methyl sites for hydroxylation is 1. The van der Waals surface area contributed by atoms with Gasteiger partial charge in [0.05, 0.1) is 18.1 Å². The van der Waals surface area contributed by atoms with Gasteiger partial charge in [-0.15, -0.1) is 0 Å². The van der Waals surface area contributed by atoms with Gasteiger partial charge in [-0.3, -0.25) is 9.79 Å². The van der Waals surface area contributed by atoms with Crippen molar-refractivity contribution < 1.29 is 14.3 Å². The maximum Gasteiger partial charge on any atom is 0.336 e. The predicted octanol–water partition coefficient (Wildman–Crippen LogP) is 4.96. The van der Waals surface area contributed by atoms with E-state index in [-0.39, 0.29) is 23.6 Å². The molecule has 2 aromatic carbocycles. The van der Waals surface area contributed by atoms with Gasteiger partial charge in [-0.1, -0.05) is 60.2 Å². The van der Waals surface area contributed by atoms with Crippen LogP contribution in [0.25, 0.3) is 0 Å². The lowest BCUT2D eigenvalue weighted by molar-refractivity contribution is -0.139. The van der Waals surface area contributed by atoms with Gasteiger partial charge >= 0.3 is 5.97 Å². The Labute approximate surface area is 177 Å². The number of allylic oxidation sites excluding steroid dienone is 1. The average molecular weight is 402 g/mol. The van der Waals surface area contributed by atoms with E-state index in [1.165, 1.54) is 0 Å². The van der Waals surface area contributed by atoms with Gasteiger partial charge < -0.3 is 4.74 Å². The molecular formula is C26H27NO3. The molecule has 0 radical (unpaired) electrons. The predicted molar refractivity (Wildman–Crippen MR) is 118 cm³/mol. The summed E-state index contributed by atoms with van der Waals surface area (Å²) in [5.41, 5.74) is 5.32. The minimum atomic E-state index is -0.365. The molecule has 1 aliphatic carbocycles. The summed E-state index contributed by atoms with van der Waals surface area (Å²) < 4.78 is 5.68. The Kier molecular flexibility index (Phi) is 5.93. The topological polar surface area (TPSA) is 55.7 Å². The second-order valence-electron chi connectivity index (χ2n) is 8.16. The molecule has 0 N–H and O–H groups in total. The first-order valence-corrected chi connectivity index (χ1v) is 10.6. The highest BCUT2D eigenvalue weighted by Gasteiger charge is 2.43. The van der Waals surface area contributed by atoms with Crippen LogP contribution in [0.15, 0.2) is 70.9 Å². The van der Waals surface area contributed by atoms with Crippen LogP contribution >= 0.6 is 0 Å². The van der Waals surface area contributed by atoms with Gasteiger partial charge in [-0.05, 0) is 37.8 Å². The molecule has 1 heterocycles. The lowest BCUT2D eigenvalue weighted by Gasteiger charge is -2.35. The van der Waals surface area contributed by atoms with Gasteiger partial charge in [-0.2, -0.15) is 0 Å². The molecule has 0 spiro atoms. The molecular weight excluding hydrogens is 374 g/mol. The fourth-order valence-electron chi connectivity index (χ4n) is 4.59. The highest BCUT2D eigenvalue weighted by Crippen LogP contribution is 2.43. The van der Waals surface area contributed by atoms with Crippen LogP contribution in [-0.4, -0.2) is 24.1 Å². The monoisotopic (exact) mass is 401 g/mol. The number of benzene rings is 2. The number of esters is 1. The molecule has 2 aliphatic rings. The van der Waals surface area contributed by atoms with Crippen LogP contribution in [-0.2, 0) is 20.7 Å². The summed E-state index contributed by atoms with van der Waals surface area (Å²) in [5.74, 6) is -0.875. The standard InChI is InChI=1S/C26H27NO3/c1-17-8-6-11-20(16-17)24-23(18(2)27-21-12-7-13-22(28)25(21)24)26(29)30-15-14-19-9-4-3-5-10-19/h3-6,8-11,16,24-25H,7,12-15H2,1-2H3/t24-,25?/m1/s1. The van der Waals surface area contributed by atoms with E-state index in [1.807, 2.05) is 62.4 Å². The number of rotatable bonds is 5. The van der Waals surface area contributed by atoms with E-state index < -0.39 is 0 Å².